The fourth-order valence-corrected chi connectivity index (χ4v) is 1.50. The van der Waals surface area contributed by atoms with E-state index in [0.717, 1.165) is 19.3 Å². The standard InChI is InChI=1S/C11H21NO3/c1-5-11(6-2,7-3)12-9(13)8(4)10(14)15/h8H,5-7H2,1-4H3,(H,12,13)(H,14,15). The smallest absolute Gasteiger partial charge is 0.315 e. The maximum Gasteiger partial charge on any atom is 0.315 e. The summed E-state index contributed by atoms with van der Waals surface area (Å²) in [7, 11) is 0. The number of aliphatic carboxylic acids is 1. The van der Waals surface area contributed by atoms with Gasteiger partial charge in [-0.3, -0.25) is 9.59 Å². The van der Waals surface area contributed by atoms with E-state index in [-0.39, 0.29) is 5.54 Å². The molecule has 0 aromatic heterocycles. The van der Waals surface area contributed by atoms with Gasteiger partial charge in [-0.15, -0.1) is 0 Å². The van der Waals surface area contributed by atoms with E-state index < -0.39 is 17.8 Å². The van der Waals surface area contributed by atoms with Crippen molar-refractivity contribution in [3.8, 4) is 0 Å². The highest BCUT2D eigenvalue weighted by Gasteiger charge is 2.30. The molecule has 0 bridgehead atoms. The molecule has 88 valence electrons. The highest BCUT2D eigenvalue weighted by atomic mass is 16.4. The summed E-state index contributed by atoms with van der Waals surface area (Å²) in [5.41, 5.74) is -0.249. The summed E-state index contributed by atoms with van der Waals surface area (Å²) in [6.45, 7) is 7.40. The van der Waals surface area contributed by atoms with Crippen LogP contribution in [-0.4, -0.2) is 22.5 Å². The maximum atomic E-state index is 11.6. The van der Waals surface area contributed by atoms with E-state index in [9.17, 15) is 9.59 Å². The molecule has 2 N–H and O–H groups in total. The molecule has 0 aliphatic carbocycles. The number of carbonyl (C=O) groups excluding carboxylic acids is 1. The minimum Gasteiger partial charge on any atom is -0.481 e. The van der Waals surface area contributed by atoms with E-state index in [1.807, 2.05) is 20.8 Å². The van der Waals surface area contributed by atoms with Gasteiger partial charge in [-0.25, -0.2) is 0 Å². The molecule has 4 heteroatoms. The fraction of sp³-hybridized carbons (Fsp3) is 0.818. The van der Waals surface area contributed by atoms with Crippen LogP contribution in [-0.2, 0) is 9.59 Å². The van der Waals surface area contributed by atoms with E-state index >= 15 is 0 Å². The van der Waals surface area contributed by atoms with Gasteiger partial charge in [0.15, 0.2) is 0 Å². The first-order chi connectivity index (χ1) is 6.92. The zero-order valence-corrected chi connectivity index (χ0v) is 9.96. The molecule has 0 radical (unpaired) electrons. The monoisotopic (exact) mass is 215 g/mol. The first-order valence-electron chi connectivity index (χ1n) is 5.47. The van der Waals surface area contributed by atoms with Crippen molar-refractivity contribution in [3.63, 3.8) is 0 Å². The molecule has 15 heavy (non-hydrogen) atoms. The maximum absolute atomic E-state index is 11.6. The first kappa shape index (κ1) is 13.9. The van der Waals surface area contributed by atoms with Crippen LogP contribution in [0.2, 0.25) is 0 Å². The summed E-state index contributed by atoms with van der Waals surface area (Å²) in [6.07, 6.45) is 2.45. The quantitative estimate of drug-likeness (QED) is 0.664. The van der Waals surface area contributed by atoms with Gasteiger partial charge >= 0.3 is 5.97 Å². The van der Waals surface area contributed by atoms with Crippen LogP contribution in [0.25, 0.3) is 0 Å². The normalized spacial score (nSPS) is 13.3. The lowest BCUT2D eigenvalue weighted by molar-refractivity contribution is -0.146. The highest BCUT2D eigenvalue weighted by Crippen LogP contribution is 2.19. The topological polar surface area (TPSA) is 66.4 Å². The summed E-state index contributed by atoms with van der Waals surface area (Å²) >= 11 is 0. The second-order valence-corrected chi connectivity index (χ2v) is 3.89. The van der Waals surface area contributed by atoms with Crippen molar-refractivity contribution >= 4 is 11.9 Å². The molecule has 0 aromatic carbocycles. The van der Waals surface area contributed by atoms with Gasteiger partial charge in [0.25, 0.3) is 0 Å². The number of hydrogen-bond acceptors (Lipinski definition) is 2. The third-order valence-corrected chi connectivity index (χ3v) is 3.18. The second kappa shape index (κ2) is 5.73. The molecule has 1 amide bonds. The molecule has 0 aliphatic heterocycles. The molecule has 0 fully saturated rings. The number of nitrogens with one attached hydrogen (secondary N) is 1. The Morgan fingerprint density at radius 2 is 1.60 bits per heavy atom. The lowest BCUT2D eigenvalue weighted by Crippen LogP contribution is -2.50. The summed E-state index contributed by atoms with van der Waals surface area (Å²) in [5.74, 6) is -2.45. The minimum absolute atomic E-state index is 0.249. The van der Waals surface area contributed by atoms with Gasteiger partial charge in [0, 0.05) is 5.54 Å². The average Bonchev–Trinajstić information content (AvgIpc) is 2.24. The van der Waals surface area contributed by atoms with Gasteiger partial charge in [0.1, 0.15) is 5.92 Å². The molecule has 0 aliphatic rings. The van der Waals surface area contributed by atoms with Crippen molar-refractivity contribution in [1.29, 1.82) is 0 Å². The molecular weight excluding hydrogens is 194 g/mol. The molecule has 1 unspecified atom stereocenters. The lowest BCUT2D eigenvalue weighted by atomic mass is 9.89. The molecule has 0 saturated carbocycles. The fourth-order valence-electron chi connectivity index (χ4n) is 1.50. The van der Waals surface area contributed by atoms with Crippen LogP contribution in [0.3, 0.4) is 0 Å². The van der Waals surface area contributed by atoms with Gasteiger partial charge in [0.05, 0.1) is 0 Å². The van der Waals surface area contributed by atoms with Crippen LogP contribution in [0.5, 0.6) is 0 Å². The van der Waals surface area contributed by atoms with Crippen molar-refractivity contribution in [2.75, 3.05) is 0 Å². The van der Waals surface area contributed by atoms with Gasteiger partial charge in [-0.1, -0.05) is 20.8 Å². The Morgan fingerprint density at radius 1 is 1.20 bits per heavy atom. The van der Waals surface area contributed by atoms with Gasteiger partial charge in [-0.05, 0) is 26.2 Å². The molecular formula is C11H21NO3. The molecule has 0 spiro atoms. The van der Waals surface area contributed by atoms with E-state index in [0.29, 0.717) is 0 Å². The summed E-state index contributed by atoms with van der Waals surface area (Å²) in [6, 6.07) is 0. The Labute approximate surface area is 91.1 Å². The highest BCUT2D eigenvalue weighted by molar-refractivity contribution is 5.96. The van der Waals surface area contributed by atoms with Gasteiger partial charge in [0.2, 0.25) is 5.91 Å². The van der Waals surface area contributed by atoms with Crippen molar-refractivity contribution in [2.24, 2.45) is 5.92 Å². The predicted octanol–water partition coefficient (Wildman–Crippen LogP) is 1.79. The summed E-state index contributed by atoms with van der Waals surface area (Å²) in [5, 5.41) is 11.5. The van der Waals surface area contributed by atoms with Crippen LogP contribution in [0, 0.1) is 5.92 Å². The average molecular weight is 215 g/mol. The Balaban J connectivity index is 4.55. The molecule has 0 rings (SSSR count). The van der Waals surface area contributed by atoms with E-state index in [1.54, 1.807) is 0 Å². The third kappa shape index (κ3) is 3.53. The van der Waals surface area contributed by atoms with Crippen LogP contribution in [0.4, 0.5) is 0 Å². The molecule has 0 saturated heterocycles. The van der Waals surface area contributed by atoms with Gasteiger partial charge < -0.3 is 10.4 Å². The number of carbonyl (C=O) groups is 2. The summed E-state index contributed by atoms with van der Waals surface area (Å²) < 4.78 is 0. The van der Waals surface area contributed by atoms with Crippen LogP contribution < -0.4 is 5.32 Å². The van der Waals surface area contributed by atoms with Crippen molar-refractivity contribution in [1.82, 2.24) is 5.32 Å². The van der Waals surface area contributed by atoms with Crippen molar-refractivity contribution < 1.29 is 14.7 Å². The predicted molar refractivity (Wildman–Crippen MR) is 58.5 cm³/mol. The molecule has 0 aromatic rings. The van der Waals surface area contributed by atoms with Crippen LogP contribution >= 0.6 is 0 Å². The number of carboxylic acids is 1. The van der Waals surface area contributed by atoms with Crippen LogP contribution in [0.15, 0.2) is 0 Å². The number of rotatable bonds is 6. The summed E-state index contributed by atoms with van der Waals surface area (Å²) in [4.78, 5) is 22.2. The zero-order valence-electron chi connectivity index (χ0n) is 9.96. The molecule has 0 heterocycles. The first-order valence-corrected chi connectivity index (χ1v) is 5.47. The van der Waals surface area contributed by atoms with E-state index in [1.165, 1.54) is 6.92 Å². The Kier molecular flexibility index (Phi) is 5.33. The zero-order chi connectivity index (χ0) is 12.1. The SMILES string of the molecule is CCC(CC)(CC)NC(=O)C(C)C(=O)O. The van der Waals surface area contributed by atoms with Gasteiger partial charge in [-0.2, -0.15) is 0 Å². The third-order valence-electron chi connectivity index (χ3n) is 3.18. The Bertz CT molecular complexity index is 226. The van der Waals surface area contributed by atoms with Crippen molar-refractivity contribution in [3.05, 3.63) is 0 Å². The lowest BCUT2D eigenvalue weighted by Gasteiger charge is -2.32. The largest absolute Gasteiger partial charge is 0.481 e. The number of amides is 1. The Hall–Kier alpha value is -1.06. The van der Waals surface area contributed by atoms with Crippen LogP contribution in [0.1, 0.15) is 47.0 Å². The van der Waals surface area contributed by atoms with E-state index in [4.69, 9.17) is 5.11 Å². The number of hydrogen-bond donors (Lipinski definition) is 2. The number of carboxylic acid groups (broad SMARTS) is 1. The van der Waals surface area contributed by atoms with Crippen molar-refractivity contribution in [2.45, 2.75) is 52.5 Å². The minimum atomic E-state index is -1.08. The molecule has 4 nitrogen and oxygen atoms in total. The molecule has 1 atom stereocenters. The van der Waals surface area contributed by atoms with E-state index in [2.05, 4.69) is 5.32 Å². The second-order valence-electron chi connectivity index (χ2n) is 3.89. The Morgan fingerprint density at radius 3 is 1.87 bits per heavy atom.